The van der Waals surface area contributed by atoms with Crippen LogP contribution in [-0.2, 0) is 10.0 Å². The fraction of sp³-hybridized carbons (Fsp3) is 1.00. The van der Waals surface area contributed by atoms with E-state index in [4.69, 9.17) is 0 Å². The van der Waals surface area contributed by atoms with Gasteiger partial charge in [0.15, 0.2) is 0 Å². The first-order valence-electron chi connectivity index (χ1n) is 7.90. The smallest absolute Gasteiger partial charge is 0.213 e. The summed E-state index contributed by atoms with van der Waals surface area (Å²) < 4.78 is 26.0. The second-order valence-electron chi connectivity index (χ2n) is 5.58. The highest BCUT2D eigenvalue weighted by atomic mass is 32.2. The van der Waals surface area contributed by atoms with Gasteiger partial charge in [0, 0.05) is 19.6 Å². The summed E-state index contributed by atoms with van der Waals surface area (Å²) in [5, 5.41) is 3.22. The van der Waals surface area contributed by atoms with Gasteiger partial charge in [-0.15, -0.1) is 0 Å². The molecular weight excluding hydrogens is 274 g/mol. The van der Waals surface area contributed by atoms with E-state index >= 15 is 0 Å². The Labute approximate surface area is 124 Å². The van der Waals surface area contributed by atoms with Crippen LogP contribution in [0.15, 0.2) is 0 Å². The molecule has 0 amide bonds. The van der Waals surface area contributed by atoms with Crippen molar-refractivity contribution >= 4 is 10.0 Å². The van der Waals surface area contributed by atoms with E-state index in [0.29, 0.717) is 12.6 Å². The number of nitrogens with zero attached hydrogens (tertiary/aromatic N) is 2. The van der Waals surface area contributed by atoms with Crippen LogP contribution < -0.4 is 5.32 Å². The summed E-state index contributed by atoms with van der Waals surface area (Å²) in [5.74, 6) is 0.272. The van der Waals surface area contributed by atoms with Crippen molar-refractivity contribution in [2.75, 3.05) is 45.5 Å². The number of likely N-dealkylation sites (N-methyl/N-ethyl adjacent to an activating group) is 2. The minimum Gasteiger partial charge on any atom is -0.317 e. The zero-order valence-corrected chi connectivity index (χ0v) is 14.1. The molecule has 1 fully saturated rings. The fourth-order valence-electron chi connectivity index (χ4n) is 2.80. The molecule has 0 saturated carbocycles. The maximum Gasteiger partial charge on any atom is 0.213 e. The van der Waals surface area contributed by atoms with Crippen LogP contribution >= 0.6 is 0 Å². The van der Waals surface area contributed by atoms with E-state index in [1.165, 1.54) is 6.42 Å². The van der Waals surface area contributed by atoms with Crippen LogP contribution in [0.5, 0.6) is 0 Å². The fourth-order valence-corrected chi connectivity index (χ4v) is 4.08. The van der Waals surface area contributed by atoms with Gasteiger partial charge in [-0.1, -0.05) is 13.8 Å². The lowest BCUT2D eigenvalue weighted by atomic mass is 10.2. The summed E-state index contributed by atoms with van der Waals surface area (Å²) in [6, 6.07) is 0.404. The van der Waals surface area contributed by atoms with E-state index in [9.17, 15) is 8.42 Å². The van der Waals surface area contributed by atoms with Gasteiger partial charge >= 0.3 is 0 Å². The van der Waals surface area contributed by atoms with Gasteiger partial charge in [0.25, 0.3) is 0 Å². The number of hydrogen-bond donors (Lipinski definition) is 1. The molecule has 1 N–H and O–H groups in total. The Bertz CT molecular complexity index is 359. The highest BCUT2D eigenvalue weighted by Gasteiger charge is 2.27. The average molecular weight is 305 g/mol. The van der Waals surface area contributed by atoms with E-state index in [2.05, 4.69) is 24.1 Å². The SMILES string of the molecule is CCNCCCCS(=O)(=O)N(C)CC1CCCN1CC. The molecule has 120 valence electrons. The normalized spacial score (nSPS) is 20.9. The molecule has 0 aliphatic carbocycles. The first-order chi connectivity index (χ1) is 9.51. The number of hydrogen-bond acceptors (Lipinski definition) is 4. The van der Waals surface area contributed by atoms with E-state index in [1.54, 1.807) is 11.4 Å². The molecule has 1 aliphatic heterocycles. The Morgan fingerprint density at radius 1 is 1.30 bits per heavy atom. The zero-order chi connectivity index (χ0) is 15.0. The van der Waals surface area contributed by atoms with Gasteiger partial charge in [0.05, 0.1) is 5.75 Å². The molecule has 1 aliphatic rings. The van der Waals surface area contributed by atoms with Gasteiger partial charge in [0.1, 0.15) is 0 Å². The first kappa shape index (κ1) is 17.9. The molecule has 20 heavy (non-hydrogen) atoms. The topological polar surface area (TPSA) is 52.7 Å². The predicted octanol–water partition coefficient (Wildman–Crippen LogP) is 1.12. The van der Waals surface area contributed by atoms with Crippen molar-refractivity contribution in [1.29, 1.82) is 0 Å². The summed E-state index contributed by atoms with van der Waals surface area (Å²) in [6.07, 6.45) is 3.97. The Hall–Kier alpha value is -0.170. The number of rotatable bonds is 10. The summed E-state index contributed by atoms with van der Waals surface area (Å²) >= 11 is 0. The summed E-state index contributed by atoms with van der Waals surface area (Å²) in [5.41, 5.74) is 0. The lowest BCUT2D eigenvalue weighted by molar-refractivity contribution is 0.237. The molecule has 1 heterocycles. The van der Waals surface area contributed by atoms with Crippen molar-refractivity contribution in [2.24, 2.45) is 0 Å². The quantitative estimate of drug-likeness (QED) is 0.615. The molecule has 0 aromatic heterocycles. The molecule has 0 aromatic rings. The van der Waals surface area contributed by atoms with Crippen LogP contribution in [0.3, 0.4) is 0 Å². The van der Waals surface area contributed by atoms with Crippen LogP contribution in [-0.4, -0.2) is 69.2 Å². The third-order valence-electron chi connectivity index (χ3n) is 4.10. The average Bonchev–Trinajstić information content (AvgIpc) is 2.85. The Morgan fingerprint density at radius 2 is 2.05 bits per heavy atom. The molecule has 6 heteroatoms. The molecule has 0 radical (unpaired) electrons. The van der Waals surface area contributed by atoms with Crippen molar-refractivity contribution in [2.45, 2.75) is 45.6 Å². The van der Waals surface area contributed by atoms with Crippen molar-refractivity contribution < 1.29 is 8.42 Å². The van der Waals surface area contributed by atoms with E-state index in [1.807, 2.05) is 0 Å². The second kappa shape index (κ2) is 8.97. The third-order valence-corrected chi connectivity index (χ3v) is 6.01. The Morgan fingerprint density at radius 3 is 2.70 bits per heavy atom. The van der Waals surface area contributed by atoms with Crippen molar-refractivity contribution in [3.8, 4) is 0 Å². The minimum absolute atomic E-state index is 0.272. The molecule has 1 saturated heterocycles. The van der Waals surface area contributed by atoms with Gasteiger partial charge in [0.2, 0.25) is 10.0 Å². The molecule has 0 spiro atoms. The van der Waals surface area contributed by atoms with Crippen molar-refractivity contribution in [3.63, 3.8) is 0 Å². The molecule has 1 atom stereocenters. The predicted molar refractivity (Wildman–Crippen MR) is 84.5 cm³/mol. The van der Waals surface area contributed by atoms with E-state index in [0.717, 1.165) is 45.4 Å². The van der Waals surface area contributed by atoms with Crippen LogP contribution in [0, 0.1) is 0 Å². The number of likely N-dealkylation sites (tertiary alicyclic amines) is 1. The standard InChI is InChI=1S/C14H31N3O2S/c1-4-15-10-6-7-12-20(18,19)16(3)13-14-9-8-11-17(14)5-2/h14-15H,4-13H2,1-3H3. The minimum atomic E-state index is -3.09. The Kier molecular flexibility index (Phi) is 8.02. The summed E-state index contributed by atoms with van der Waals surface area (Å²) in [6.45, 7) is 8.82. The van der Waals surface area contributed by atoms with Crippen molar-refractivity contribution in [1.82, 2.24) is 14.5 Å². The molecule has 5 nitrogen and oxygen atoms in total. The van der Waals surface area contributed by atoms with Gasteiger partial charge in [-0.3, -0.25) is 4.90 Å². The molecule has 1 rings (SSSR count). The highest BCUT2D eigenvalue weighted by Crippen LogP contribution is 2.18. The van der Waals surface area contributed by atoms with Crippen LogP contribution in [0.4, 0.5) is 0 Å². The van der Waals surface area contributed by atoms with Gasteiger partial charge in [-0.2, -0.15) is 0 Å². The third kappa shape index (κ3) is 5.68. The molecular formula is C14H31N3O2S. The number of nitrogens with one attached hydrogen (secondary N) is 1. The van der Waals surface area contributed by atoms with Crippen LogP contribution in [0.2, 0.25) is 0 Å². The summed E-state index contributed by atoms with van der Waals surface area (Å²) in [4.78, 5) is 2.39. The number of sulfonamides is 1. The summed E-state index contributed by atoms with van der Waals surface area (Å²) in [7, 11) is -1.36. The highest BCUT2D eigenvalue weighted by molar-refractivity contribution is 7.89. The first-order valence-corrected chi connectivity index (χ1v) is 9.51. The maximum atomic E-state index is 12.2. The van der Waals surface area contributed by atoms with Gasteiger partial charge < -0.3 is 5.32 Å². The van der Waals surface area contributed by atoms with E-state index in [-0.39, 0.29) is 5.75 Å². The zero-order valence-electron chi connectivity index (χ0n) is 13.3. The lowest BCUT2D eigenvalue weighted by Gasteiger charge is -2.27. The van der Waals surface area contributed by atoms with Crippen LogP contribution in [0.25, 0.3) is 0 Å². The Balaban J connectivity index is 2.34. The van der Waals surface area contributed by atoms with E-state index < -0.39 is 10.0 Å². The molecule has 0 bridgehead atoms. The molecule has 0 aromatic carbocycles. The number of unbranched alkanes of at least 4 members (excludes halogenated alkanes) is 1. The second-order valence-corrected chi connectivity index (χ2v) is 7.78. The lowest BCUT2D eigenvalue weighted by Crippen LogP contribution is -2.41. The maximum absolute atomic E-state index is 12.2. The molecule has 1 unspecified atom stereocenters. The largest absolute Gasteiger partial charge is 0.317 e. The van der Waals surface area contributed by atoms with Gasteiger partial charge in [-0.05, 0) is 51.9 Å². The van der Waals surface area contributed by atoms with Crippen molar-refractivity contribution in [3.05, 3.63) is 0 Å². The van der Waals surface area contributed by atoms with Crippen LogP contribution in [0.1, 0.15) is 39.5 Å². The monoisotopic (exact) mass is 305 g/mol. The van der Waals surface area contributed by atoms with Gasteiger partial charge in [-0.25, -0.2) is 12.7 Å².